The fraction of sp³-hybridized carbons (Fsp3) is 0.524. The molecule has 2 saturated heterocycles. The van der Waals surface area contributed by atoms with Gasteiger partial charge in [-0.25, -0.2) is 4.79 Å². The van der Waals surface area contributed by atoms with Crippen LogP contribution in [0.3, 0.4) is 0 Å². The van der Waals surface area contributed by atoms with Gasteiger partial charge in [0.15, 0.2) is 0 Å². The van der Waals surface area contributed by atoms with E-state index in [4.69, 9.17) is 9.47 Å². The number of imide groups is 1. The summed E-state index contributed by atoms with van der Waals surface area (Å²) < 4.78 is 10.6. The largest absolute Gasteiger partial charge is 0.449 e. The van der Waals surface area contributed by atoms with Gasteiger partial charge < -0.3 is 19.7 Å². The number of hydrogen-bond donors (Lipinski definition) is 2. The molecule has 1 saturated carbocycles. The van der Waals surface area contributed by atoms with Gasteiger partial charge in [-0.2, -0.15) is 0 Å². The lowest BCUT2D eigenvalue weighted by atomic mass is 10.0. The van der Waals surface area contributed by atoms with Crippen molar-refractivity contribution in [2.75, 3.05) is 19.8 Å². The number of fused-ring (bicyclic) bond motifs is 2. The highest BCUT2D eigenvalue weighted by molar-refractivity contribution is 6.05. The van der Waals surface area contributed by atoms with Crippen LogP contribution in [0.1, 0.15) is 34.3 Å². The fourth-order valence-corrected chi connectivity index (χ4v) is 4.72. The maximum Gasteiger partial charge on any atom is 0.407 e. The quantitative estimate of drug-likeness (QED) is 0.682. The molecule has 158 valence electrons. The van der Waals surface area contributed by atoms with Crippen LogP contribution in [0.25, 0.3) is 0 Å². The Morgan fingerprint density at radius 1 is 1.23 bits per heavy atom. The Morgan fingerprint density at radius 2 is 2.03 bits per heavy atom. The molecule has 0 aromatic heterocycles. The average Bonchev–Trinajstić information content (AvgIpc) is 3.03. The van der Waals surface area contributed by atoms with Crippen molar-refractivity contribution in [3.63, 3.8) is 0 Å². The van der Waals surface area contributed by atoms with Crippen LogP contribution >= 0.6 is 0 Å². The highest BCUT2D eigenvalue weighted by Gasteiger charge is 2.54. The first-order valence-electron chi connectivity index (χ1n) is 10.3. The van der Waals surface area contributed by atoms with Gasteiger partial charge in [-0.1, -0.05) is 12.1 Å². The Kier molecular flexibility index (Phi) is 4.69. The lowest BCUT2D eigenvalue weighted by Crippen LogP contribution is -2.52. The standard InChI is InChI=1S/C21H23N3O6/c25-18-4-3-17(19(26)23-18)24-7-12-2-1-11(5-13(12)20(24)27)6-22-21(28)30-10-16-14-8-29-9-15(14)16/h1-2,5,14-17H,3-4,6-10H2,(H,22,28)(H,23,25,26)/t14-,15+,16?,17?. The number of rotatable bonds is 5. The Balaban J connectivity index is 1.15. The Bertz CT molecular complexity index is 921. The number of amides is 4. The molecular formula is C21H23N3O6. The van der Waals surface area contributed by atoms with Crippen molar-refractivity contribution < 1.29 is 28.7 Å². The maximum atomic E-state index is 12.8. The zero-order chi connectivity index (χ0) is 20.8. The number of nitrogens with one attached hydrogen (secondary N) is 2. The van der Waals surface area contributed by atoms with E-state index in [-0.39, 0.29) is 24.8 Å². The zero-order valence-electron chi connectivity index (χ0n) is 16.4. The fourth-order valence-electron chi connectivity index (χ4n) is 4.72. The van der Waals surface area contributed by atoms with Crippen LogP contribution in [0.4, 0.5) is 4.79 Å². The van der Waals surface area contributed by atoms with E-state index in [1.165, 1.54) is 4.90 Å². The van der Waals surface area contributed by atoms with E-state index < -0.39 is 18.0 Å². The number of piperidine rings is 1. The van der Waals surface area contributed by atoms with E-state index in [0.717, 1.165) is 24.3 Å². The molecule has 4 aliphatic rings. The highest BCUT2D eigenvalue weighted by atomic mass is 16.5. The summed E-state index contributed by atoms with van der Waals surface area (Å²) in [5.41, 5.74) is 2.14. The summed E-state index contributed by atoms with van der Waals surface area (Å²) in [6.45, 7) is 2.52. The normalized spacial score (nSPS) is 29.3. The van der Waals surface area contributed by atoms with E-state index in [2.05, 4.69) is 10.6 Å². The molecule has 1 aliphatic carbocycles. The third kappa shape index (κ3) is 3.43. The zero-order valence-corrected chi connectivity index (χ0v) is 16.4. The van der Waals surface area contributed by atoms with Crippen molar-refractivity contribution in [3.05, 3.63) is 34.9 Å². The number of nitrogens with zero attached hydrogens (tertiary/aromatic N) is 1. The van der Waals surface area contributed by atoms with Gasteiger partial charge in [0, 0.05) is 31.0 Å². The molecule has 5 rings (SSSR count). The second-order valence-corrected chi connectivity index (χ2v) is 8.37. The van der Waals surface area contributed by atoms with Gasteiger partial charge in [0.05, 0.1) is 19.8 Å². The Labute approximate surface area is 173 Å². The minimum Gasteiger partial charge on any atom is -0.449 e. The van der Waals surface area contributed by atoms with E-state index in [1.54, 1.807) is 6.07 Å². The SMILES string of the molecule is O=C1CCC(N2Cc3ccc(CNC(=O)OCC4[C@H]5COC[C@@H]45)cc3C2=O)C(=O)N1. The third-order valence-electron chi connectivity index (χ3n) is 6.57. The molecule has 0 spiro atoms. The van der Waals surface area contributed by atoms with Gasteiger partial charge in [0.2, 0.25) is 11.8 Å². The predicted octanol–water partition coefficient (Wildman–Crippen LogP) is 0.566. The number of ether oxygens (including phenoxy) is 2. The molecular weight excluding hydrogens is 390 g/mol. The first kappa shape index (κ1) is 19.0. The van der Waals surface area contributed by atoms with Crippen molar-refractivity contribution in [2.45, 2.75) is 32.0 Å². The van der Waals surface area contributed by atoms with Crippen molar-refractivity contribution >= 4 is 23.8 Å². The number of hydrogen-bond acceptors (Lipinski definition) is 6. The first-order valence-corrected chi connectivity index (χ1v) is 10.3. The van der Waals surface area contributed by atoms with Gasteiger partial charge in [-0.15, -0.1) is 0 Å². The van der Waals surface area contributed by atoms with Crippen molar-refractivity contribution in [2.24, 2.45) is 17.8 Å². The van der Waals surface area contributed by atoms with E-state index in [1.807, 2.05) is 12.1 Å². The minimum atomic E-state index is -0.633. The number of benzene rings is 1. The number of carbonyl (C=O) groups excluding carboxylic acids is 4. The maximum absolute atomic E-state index is 12.8. The smallest absolute Gasteiger partial charge is 0.407 e. The summed E-state index contributed by atoms with van der Waals surface area (Å²) in [7, 11) is 0. The molecule has 1 aromatic rings. The second kappa shape index (κ2) is 7.39. The molecule has 3 heterocycles. The van der Waals surface area contributed by atoms with Crippen LogP contribution in [0.15, 0.2) is 18.2 Å². The Morgan fingerprint density at radius 3 is 2.80 bits per heavy atom. The van der Waals surface area contributed by atoms with Gasteiger partial charge in [-0.05, 0) is 35.4 Å². The summed E-state index contributed by atoms with van der Waals surface area (Å²) >= 11 is 0. The first-order chi connectivity index (χ1) is 14.5. The molecule has 3 fully saturated rings. The third-order valence-corrected chi connectivity index (χ3v) is 6.57. The summed E-state index contributed by atoms with van der Waals surface area (Å²) in [5.74, 6) is 0.523. The van der Waals surface area contributed by atoms with Gasteiger partial charge >= 0.3 is 6.09 Å². The molecule has 30 heavy (non-hydrogen) atoms. The van der Waals surface area contributed by atoms with Gasteiger partial charge in [0.1, 0.15) is 6.04 Å². The van der Waals surface area contributed by atoms with Crippen LogP contribution in [0.5, 0.6) is 0 Å². The molecule has 2 N–H and O–H groups in total. The average molecular weight is 413 g/mol. The predicted molar refractivity (Wildman–Crippen MR) is 102 cm³/mol. The van der Waals surface area contributed by atoms with Crippen LogP contribution in [0.2, 0.25) is 0 Å². The van der Waals surface area contributed by atoms with Crippen LogP contribution in [-0.2, 0) is 32.2 Å². The summed E-state index contributed by atoms with van der Waals surface area (Å²) in [5, 5.41) is 5.02. The summed E-state index contributed by atoms with van der Waals surface area (Å²) in [6, 6.07) is 4.80. The molecule has 0 bridgehead atoms. The summed E-state index contributed by atoms with van der Waals surface area (Å²) in [6.07, 6.45) is 0.0840. The van der Waals surface area contributed by atoms with Crippen LogP contribution in [-0.4, -0.2) is 54.6 Å². The Hall–Kier alpha value is -2.94. The van der Waals surface area contributed by atoms with Crippen molar-refractivity contribution in [3.8, 4) is 0 Å². The van der Waals surface area contributed by atoms with E-state index >= 15 is 0 Å². The van der Waals surface area contributed by atoms with Gasteiger partial charge in [-0.3, -0.25) is 19.7 Å². The monoisotopic (exact) mass is 413 g/mol. The number of carbonyl (C=O) groups is 4. The molecule has 9 heteroatoms. The lowest BCUT2D eigenvalue weighted by Gasteiger charge is -2.29. The highest BCUT2D eigenvalue weighted by Crippen LogP contribution is 2.50. The second-order valence-electron chi connectivity index (χ2n) is 8.37. The number of alkyl carbamates (subject to hydrolysis) is 1. The summed E-state index contributed by atoms with van der Waals surface area (Å²) in [4.78, 5) is 49.8. The van der Waals surface area contributed by atoms with Gasteiger partial charge in [0.25, 0.3) is 5.91 Å². The molecule has 4 amide bonds. The molecule has 9 nitrogen and oxygen atoms in total. The topological polar surface area (TPSA) is 114 Å². The molecule has 1 aromatic carbocycles. The van der Waals surface area contributed by atoms with E-state index in [0.29, 0.717) is 42.9 Å². The molecule has 3 aliphatic heterocycles. The van der Waals surface area contributed by atoms with Crippen LogP contribution in [0, 0.1) is 17.8 Å². The minimum absolute atomic E-state index is 0.225. The van der Waals surface area contributed by atoms with E-state index in [9.17, 15) is 19.2 Å². The van der Waals surface area contributed by atoms with Crippen molar-refractivity contribution in [1.82, 2.24) is 15.5 Å². The van der Waals surface area contributed by atoms with Crippen LogP contribution < -0.4 is 10.6 Å². The molecule has 2 unspecified atom stereocenters. The molecule has 0 radical (unpaired) electrons. The van der Waals surface area contributed by atoms with Crippen molar-refractivity contribution in [1.29, 1.82) is 0 Å². The lowest BCUT2D eigenvalue weighted by molar-refractivity contribution is -0.136. The molecule has 4 atom stereocenters.